The Bertz CT molecular complexity index is 1270. The predicted octanol–water partition coefficient (Wildman–Crippen LogP) is 5.53. The summed E-state index contributed by atoms with van der Waals surface area (Å²) in [5, 5.41) is 3.65. The van der Waals surface area contributed by atoms with E-state index in [0.717, 1.165) is 0 Å². The van der Waals surface area contributed by atoms with Crippen LogP contribution in [0.5, 0.6) is 11.5 Å². The topological polar surface area (TPSA) is 101 Å². The van der Waals surface area contributed by atoms with Gasteiger partial charge in [-0.25, -0.2) is 14.4 Å². The van der Waals surface area contributed by atoms with E-state index in [1.807, 2.05) is 0 Å². The first-order chi connectivity index (χ1) is 17.7. The van der Waals surface area contributed by atoms with Crippen LogP contribution >= 0.6 is 15.9 Å². The van der Waals surface area contributed by atoms with Gasteiger partial charge in [-0.1, -0.05) is 15.9 Å². The highest BCUT2D eigenvalue weighted by atomic mass is 79.9. The summed E-state index contributed by atoms with van der Waals surface area (Å²) in [4.78, 5) is 20.6. The second-order valence-corrected chi connectivity index (χ2v) is 9.84. The molecule has 4 rings (SSSR count). The standard InChI is InChI=1S/C26H29BrFN3O6/c1-5-34-24(32)10-16-9-17(37-26(2,3)36-16)13-35-23-12-21-18(11-22(23)33-4)25(30-14-29-21)31-20-7-6-15(27)8-19(20)28/h6-8,11-12,14,16-17H,5,9-10,13H2,1-4H3,(H,29,30,31). The molecule has 9 nitrogen and oxygen atoms in total. The third-order valence-electron chi connectivity index (χ3n) is 5.66. The van der Waals surface area contributed by atoms with Crippen LogP contribution in [0.25, 0.3) is 10.9 Å². The molecule has 3 aromatic rings. The summed E-state index contributed by atoms with van der Waals surface area (Å²) >= 11 is 3.26. The van der Waals surface area contributed by atoms with Crippen molar-refractivity contribution < 1.29 is 32.9 Å². The summed E-state index contributed by atoms with van der Waals surface area (Å²) in [6.07, 6.45) is 1.32. The Kier molecular flexibility index (Phi) is 8.46. The van der Waals surface area contributed by atoms with Crippen LogP contribution in [0.4, 0.5) is 15.9 Å². The van der Waals surface area contributed by atoms with Gasteiger partial charge in [0.05, 0.1) is 43.5 Å². The quantitative estimate of drug-likeness (QED) is 0.329. The molecular weight excluding hydrogens is 549 g/mol. The summed E-state index contributed by atoms with van der Waals surface area (Å²) in [7, 11) is 1.53. The summed E-state index contributed by atoms with van der Waals surface area (Å²) in [5.41, 5.74) is 0.860. The van der Waals surface area contributed by atoms with E-state index in [0.29, 0.717) is 45.7 Å². The van der Waals surface area contributed by atoms with E-state index in [1.165, 1.54) is 19.5 Å². The maximum Gasteiger partial charge on any atom is 0.308 e. The van der Waals surface area contributed by atoms with Gasteiger partial charge in [0.2, 0.25) is 0 Å². The van der Waals surface area contributed by atoms with Gasteiger partial charge in [-0.2, -0.15) is 0 Å². The fraction of sp³-hybridized carbons (Fsp3) is 0.423. The van der Waals surface area contributed by atoms with E-state index in [1.54, 1.807) is 45.0 Å². The molecule has 0 amide bonds. The SMILES string of the molecule is CCOC(=O)CC1CC(COc2cc3ncnc(Nc4ccc(Br)cc4F)c3cc2OC)OC(C)(C)O1. The van der Waals surface area contributed by atoms with Gasteiger partial charge in [0.25, 0.3) is 0 Å². The van der Waals surface area contributed by atoms with Gasteiger partial charge in [0, 0.05) is 22.3 Å². The van der Waals surface area contributed by atoms with Gasteiger partial charge in [-0.05, 0) is 45.0 Å². The first kappa shape index (κ1) is 27.0. The molecule has 2 unspecified atom stereocenters. The van der Waals surface area contributed by atoms with Gasteiger partial charge in [0.1, 0.15) is 24.6 Å². The minimum Gasteiger partial charge on any atom is -0.493 e. The first-order valence-electron chi connectivity index (χ1n) is 11.9. The molecule has 2 heterocycles. The van der Waals surface area contributed by atoms with Crippen LogP contribution < -0.4 is 14.8 Å². The largest absolute Gasteiger partial charge is 0.493 e. The molecule has 11 heteroatoms. The highest BCUT2D eigenvalue weighted by molar-refractivity contribution is 9.10. The molecule has 1 N–H and O–H groups in total. The second kappa shape index (κ2) is 11.6. The number of esters is 1. The van der Waals surface area contributed by atoms with Crippen molar-refractivity contribution in [2.24, 2.45) is 0 Å². The fourth-order valence-corrected chi connectivity index (χ4v) is 4.52. The average molecular weight is 578 g/mol. The third kappa shape index (κ3) is 6.85. The minimum absolute atomic E-state index is 0.141. The van der Waals surface area contributed by atoms with Gasteiger partial charge in [-0.3, -0.25) is 4.79 Å². The molecular formula is C26H29BrFN3O6. The zero-order chi connectivity index (χ0) is 26.6. The summed E-state index contributed by atoms with van der Waals surface area (Å²) < 4.78 is 43.7. The molecule has 1 aliphatic rings. The van der Waals surface area contributed by atoms with Crippen molar-refractivity contribution in [2.75, 3.05) is 25.6 Å². The van der Waals surface area contributed by atoms with Gasteiger partial charge in [-0.15, -0.1) is 0 Å². The van der Waals surface area contributed by atoms with Crippen LogP contribution in [0.15, 0.2) is 41.1 Å². The molecule has 2 aromatic carbocycles. The maximum absolute atomic E-state index is 14.4. The lowest BCUT2D eigenvalue weighted by molar-refractivity contribution is -0.302. The number of nitrogens with one attached hydrogen (secondary N) is 1. The smallest absolute Gasteiger partial charge is 0.308 e. The van der Waals surface area contributed by atoms with E-state index in [9.17, 15) is 9.18 Å². The second-order valence-electron chi connectivity index (χ2n) is 8.93. The Morgan fingerprint density at radius 3 is 2.70 bits per heavy atom. The lowest BCUT2D eigenvalue weighted by Gasteiger charge is -2.40. The monoisotopic (exact) mass is 577 g/mol. The lowest BCUT2D eigenvalue weighted by atomic mass is 10.1. The Morgan fingerprint density at radius 1 is 1.19 bits per heavy atom. The number of benzene rings is 2. The van der Waals surface area contributed by atoms with Crippen molar-refractivity contribution in [3.05, 3.63) is 46.9 Å². The van der Waals surface area contributed by atoms with Crippen LogP contribution in [-0.4, -0.2) is 54.3 Å². The molecule has 0 spiro atoms. The van der Waals surface area contributed by atoms with E-state index >= 15 is 0 Å². The number of carbonyl (C=O) groups excluding carboxylic acids is 1. The average Bonchev–Trinajstić information content (AvgIpc) is 2.83. The molecule has 0 aliphatic carbocycles. The molecule has 2 atom stereocenters. The minimum atomic E-state index is -0.882. The number of aromatic nitrogens is 2. The highest BCUT2D eigenvalue weighted by Gasteiger charge is 2.37. The van der Waals surface area contributed by atoms with Crippen molar-refractivity contribution in [1.29, 1.82) is 0 Å². The van der Waals surface area contributed by atoms with E-state index in [4.69, 9.17) is 23.7 Å². The van der Waals surface area contributed by atoms with Gasteiger partial charge < -0.3 is 29.0 Å². The van der Waals surface area contributed by atoms with E-state index in [-0.39, 0.29) is 36.9 Å². The number of carbonyl (C=O) groups is 1. The van der Waals surface area contributed by atoms with Crippen molar-refractivity contribution in [2.45, 2.75) is 51.6 Å². The molecule has 0 saturated carbocycles. The van der Waals surface area contributed by atoms with Crippen LogP contribution in [-0.2, 0) is 19.0 Å². The van der Waals surface area contributed by atoms with Crippen molar-refractivity contribution >= 4 is 44.3 Å². The van der Waals surface area contributed by atoms with Crippen LogP contribution in [0.2, 0.25) is 0 Å². The number of hydrogen-bond donors (Lipinski definition) is 1. The number of fused-ring (bicyclic) bond motifs is 1. The molecule has 1 aromatic heterocycles. The zero-order valence-corrected chi connectivity index (χ0v) is 22.6. The molecule has 198 valence electrons. The number of nitrogens with zero attached hydrogens (tertiary/aromatic N) is 2. The predicted molar refractivity (Wildman–Crippen MR) is 139 cm³/mol. The van der Waals surface area contributed by atoms with Crippen LogP contribution in [0.3, 0.4) is 0 Å². The first-order valence-corrected chi connectivity index (χ1v) is 12.7. The fourth-order valence-electron chi connectivity index (χ4n) is 4.19. The number of methoxy groups -OCH3 is 1. The zero-order valence-electron chi connectivity index (χ0n) is 21.0. The Morgan fingerprint density at radius 2 is 1.97 bits per heavy atom. The van der Waals surface area contributed by atoms with E-state index < -0.39 is 11.6 Å². The van der Waals surface area contributed by atoms with Crippen LogP contribution in [0.1, 0.15) is 33.6 Å². The number of rotatable bonds is 9. The Balaban J connectivity index is 1.52. The number of ether oxygens (including phenoxy) is 5. The Hall–Kier alpha value is -3.02. The van der Waals surface area contributed by atoms with Gasteiger partial charge in [0.15, 0.2) is 17.3 Å². The third-order valence-corrected chi connectivity index (χ3v) is 6.15. The molecule has 1 fully saturated rings. The molecule has 1 saturated heterocycles. The van der Waals surface area contributed by atoms with Gasteiger partial charge >= 0.3 is 5.97 Å². The van der Waals surface area contributed by atoms with E-state index in [2.05, 4.69) is 31.2 Å². The summed E-state index contributed by atoms with van der Waals surface area (Å²) in [6.45, 7) is 5.89. The molecule has 1 aliphatic heterocycles. The number of halogens is 2. The van der Waals surface area contributed by atoms with Crippen LogP contribution in [0, 0.1) is 5.82 Å². The highest BCUT2D eigenvalue weighted by Crippen LogP contribution is 2.36. The summed E-state index contributed by atoms with van der Waals surface area (Å²) in [6, 6.07) is 8.20. The summed E-state index contributed by atoms with van der Waals surface area (Å²) in [5.74, 6) is -0.276. The van der Waals surface area contributed by atoms with Crippen molar-refractivity contribution in [1.82, 2.24) is 9.97 Å². The molecule has 37 heavy (non-hydrogen) atoms. The number of anilines is 2. The van der Waals surface area contributed by atoms with Crippen molar-refractivity contribution in [3.8, 4) is 11.5 Å². The molecule has 0 bridgehead atoms. The lowest BCUT2D eigenvalue weighted by Crippen LogP contribution is -2.47. The molecule has 0 radical (unpaired) electrons. The maximum atomic E-state index is 14.4. The number of hydrogen-bond acceptors (Lipinski definition) is 9. The van der Waals surface area contributed by atoms with Crippen molar-refractivity contribution in [3.63, 3.8) is 0 Å². The normalized spacial score (nSPS) is 18.9. The Labute approximate surface area is 222 Å².